The van der Waals surface area contributed by atoms with Crippen LogP contribution in [0.4, 0.5) is 5.69 Å². The molecule has 0 bridgehead atoms. The van der Waals surface area contributed by atoms with Crippen LogP contribution >= 0.6 is 0 Å². The highest BCUT2D eigenvalue weighted by molar-refractivity contribution is 6.01. The highest BCUT2D eigenvalue weighted by Crippen LogP contribution is 2.35. The zero-order chi connectivity index (χ0) is 14.0. The molecular formula is C13H12N2O4. The van der Waals surface area contributed by atoms with Crippen LogP contribution in [-0.2, 0) is 9.59 Å². The molecular weight excluding hydrogens is 248 g/mol. The van der Waals surface area contributed by atoms with E-state index < -0.39 is 11.9 Å². The summed E-state index contributed by atoms with van der Waals surface area (Å²) < 4.78 is 5.15. The number of nitrogens with zero attached hydrogens (tertiary/aromatic N) is 2. The largest absolute Gasteiger partial charge is 0.495 e. The van der Waals surface area contributed by atoms with E-state index in [1.165, 1.54) is 12.0 Å². The van der Waals surface area contributed by atoms with E-state index in [4.69, 9.17) is 15.1 Å². The molecule has 1 unspecified atom stereocenters. The van der Waals surface area contributed by atoms with Crippen molar-refractivity contribution in [1.82, 2.24) is 0 Å². The fourth-order valence-electron chi connectivity index (χ4n) is 2.14. The summed E-state index contributed by atoms with van der Waals surface area (Å²) in [5.41, 5.74) is 0.639. The van der Waals surface area contributed by atoms with Gasteiger partial charge in [0.2, 0.25) is 5.91 Å². The first kappa shape index (κ1) is 12.9. The highest BCUT2D eigenvalue weighted by Gasteiger charge is 2.37. The van der Waals surface area contributed by atoms with Gasteiger partial charge in [0, 0.05) is 13.0 Å². The Kier molecular flexibility index (Phi) is 3.38. The van der Waals surface area contributed by atoms with Gasteiger partial charge < -0.3 is 14.7 Å². The fourth-order valence-corrected chi connectivity index (χ4v) is 2.14. The molecule has 6 nitrogen and oxygen atoms in total. The number of carbonyl (C=O) groups is 2. The number of methoxy groups -OCH3 is 1. The molecule has 1 atom stereocenters. The van der Waals surface area contributed by atoms with Gasteiger partial charge in [-0.05, 0) is 12.1 Å². The summed E-state index contributed by atoms with van der Waals surface area (Å²) in [5, 5.41) is 18.1. The summed E-state index contributed by atoms with van der Waals surface area (Å²) in [6.07, 6.45) is -0.0573. The molecule has 2 rings (SSSR count). The third-order valence-electron chi connectivity index (χ3n) is 3.08. The van der Waals surface area contributed by atoms with Crippen molar-refractivity contribution < 1.29 is 19.4 Å². The van der Waals surface area contributed by atoms with E-state index in [0.717, 1.165) is 0 Å². The van der Waals surface area contributed by atoms with Crippen molar-refractivity contribution in [1.29, 1.82) is 5.26 Å². The number of hydrogen-bond donors (Lipinski definition) is 1. The molecule has 0 aliphatic carbocycles. The van der Waals surface area contributed by atoms with Crippen LogP contribution in [-0.4, -0.2) is 30.6 Å². The van der Waals surface area contributed by atoms with Crippen molar-refractivity contribution in [2.75, 3.05) is 18.6 Å². The number of para-hydroxylation sites is 1. The van der Waals surface area contributed by atoms with Gasteiger partial charge in [-0.3, -0.25) is 9.59 Å². The van der Waals surface area contributed by atoms with Crippen molar-refractivity contribution in [3.05, 3.63) is 23.8 Å². The molecule has 1 aliphatic rings. The van der Waals surface area contributed by atoms with Gasteiger partial charge >= 0.3 is 5.97 Å². The maximum atomic E-state index is 11.9. The van der Waals surface area contributed by atoms with Crippen LogP contribution in [0.15, 0.2) is 18.2 Å². The second-order valence-electron chi connectivity index (χ2n) is 4.21. The molecule has 19 heavy (non-hydrogen) atoms. The number of hydrogen-bond acceptors (Lipinski definition) is 4. The summed E-state index contributed by atoms with van der Waals surface area (Å²) in [6, 6.07) is 6.84. The van der Waals surface area contributed by atoms with Gasteiger partial charge in [0.15, 0.2) is 0 Å². The molecule has 1 aromatic carbocycles. The molecule has 1 fully saturated rings. The van der Waals surface area contributed by atoms with E-state index in [0.29, 0.717) is 17.0 Å². The molecule has 6 heteroatoms. The molecule has 1 saturated heterocycles. The Hall–Kier alpha value is -2.55. The molecule has 1 heterocycles. The number of carbonyl (C=O) groups excluding carboxylic acids is 1. The Morgan fingerprint density at radius 1 is 1.58 bits per heavy atom. The van der Waals surface area contributed by atoms with E-state index in [-0.39, 0.29) is 18.9 Å². The molecule has 98 valence electrons. The van der Waals surface area contributed by atoms with E-state index >= 15 is 0 Å². The first-order chi connectivity index (χ1) is 9.08. The van der Waals surface area contributed by atoms with E-state index in [1.807, 2.05) is 6.07 Å². The lowest BCUT2D eigenvalue weighted by Gasteiger charge is -2.20. The summed E-state index contributed by atoms with van der Waals surface area (Å²) in [7, 11) is 1.44. The summed E-state index contributed by atoms with van der Waals surface area (Å²) >= 11 is 0. The molecule has 1 aromatic rings. The maximum absolute atomic E-state index is 11.9. The number of rotatable bonds is 3. The van der Waals surface area contributed by atoms with Gasteiger partial charge in [-0.1, -0.05) is 6.07 Å². The number of anilines is 1. The number of benzene rings is 1. The third-order valence-corrected chi connectivity index (χ3v) is 3.08. The molecule has 0 radical (unpaired) electrons. The first-order valence-electron chi connectivity index (χ1n) is 5.68. The number of carboxylic acids is 1. The number of aliphatic carboxylic acids is 1. The highest BCUT2D eigenvalue weighted by atomic mass is 16.5. The van der Waals surface area contributed by atoms with Gasteiger partial charge in [0.1, 0.15) is 17.5 Å². The van der Waals surface area contributed by atoms with E-state index in [1.54, 1.807) is 18.2 Å². The predicted octanol–water partition coefficient (Wildman–Crippen LogP) is 1.00. The van der Waals surface area contributed by atoms with E-state index in [2.05, 4.69) is 0 Å². The van der Waals surface area contributed by atoms with Crippen LogP contribution in [0.1, 0.15) is 12.0 Å². The van der Waals surface area contributed by atoms with Crippen LogP contribution in [0.3, 0.4) is 0 Å². The van der Waals surface area contributed by atoms with E-state index in [9.17, 15) is 9.59 Å². The van der Waals surface area contributed by atoms with Crippen molar-refractivity contribution in [2.45, 2.75) is 6.42 Å². The molecule has 1 aliphatic heterocycles. The van der Waals surface area contributed by atoms with Gasteiger partial charge in [-0.15, -0.1) is 0 Å². The minimum atomic E-state index is -1.01. The van der Waals surface area contributed by atoms with Crippen molar-refractivity contribution in [2.24, 2.45) is 5.92 Å². The average molecular weight is 260 g/mol. The molecule has 0 spiro atoms. The topological polar surface area (TPSA) is 90.6 Å². The van der Waals surface area contributed by atoms with Crippen LogP contribution in [0.25, 0.3) is 0 Å². The second-order valence-corrected chi connectivity index (χ2v) is 4.21. The number of nitriles is 1. The van der Waals surface area contributed by atoms with Crippen LogP contribution in [0.5, 0.6) is 5.75 Å². The molecule has 1 N–H and O–H groups in total. The smallest absolute Gasteiger partial charge is 0.308 e. The van der Waals surface area contributed by atoms with Gasteiger partial charge in [0.25, 0.3) is 0 Å². The lowest BCUT2D eigenvalue weighted by atomic mass is 10.1. The summed E-state index contributed by atoms with van der Waals surface area (Å²) in [5.74, 6) is -1.68. The third kappa shape index (κ3) is 2.22. The van der Waals surface area contributed by atoms with Crippen molar-refractivity contribution in [3.8, 4) is 11.8 Å². The Morgan fingerprint density at radius 3 is 2.84 bits per heavy atom. The summed E-state index contributed by atoms with van der Waals surface area (Å²) in [4.78, 5) is 24.2. The fraction of sp³-hybridized carbons (Fsp3) is 0.308. The SMILES string of the molecule is COc1cccc(C#N)c1N1CC(C(=O)O)CC1=O. The Morgan fingerprint density at radius 2 is 2.32 bits per heavy atom. The Balaban J connectivity index is 2.45. The zero-order valence-corrected chi connectivity index (χ0v) is 10.3. The van der Waals surface area contributed by atoms with Crippen LogP contribution < -0.4 is 9.64 Å². The van der Waals surface area contributed by atoms with Gasteiger partial charge in [-0.2, -0.15) is 5.26 Å². The average Bonchev–Trinajstić information content (AvgIpc) is 2.79. The first-order valence-corrected chi connectivity index (χ1v) is 5.68. The Bertz CT molecular complexity index is 576. The quantitative estimate of drug-likeness (QED) is 0.875. The molecule has 1 amide bonds. The van der Waals surface area contributed by atoms with Gasteiger partial charge in [-0.25, -0.2) is 0 Å². The zero-order valence-electron chi connectivity index (χ0n) is 10.3. The van der Waals surface area contributed by atoms with Crippen molar-refractivity contribution in [3.63, 3.8) is 0 Å². The predicted molar refractivity (Wildman–Crippen MR) is 65.8 cm³/mol. The second kappa shape index (κ2) is 4.98. The lowest BCUT2D eigenvalue weighted by Crippen LogP contribution is -2.27. The standard InChI is InChI=1S/C13H12N2O4/c1-19-10-4-2-3-8(6-14)12(10)15-7-9(13(17)18)5-11(15)16/h2-4,9H,5,7H2,1H3,(H,17,18). The molecule has 0 saturated carbocycles. The maximum Gasteiger partial charge on any atom is 0.308 e. The lowest BCUT2D eigenvalue weighted by molar-refractivity contribution is -0.141. The number of ether oxygens (including phenoxy) is 1. The molecule has 0 aromatic heterocycles. The van der Waals surface area contributed by atoms with Gasteiger partial charge in [0.05, 0.1) is 18.6 Å². The number of carboxylic acid groups (broad SMARTS) is 1. The minimum absolute atomic E-state index is 0.0573. The van der Waals surface area contributed by atoms with Crippen LogP contribution in [0.2, 0.25) is 0 Å². The van der Waals surface area contributed by atoms with Crippen LogP contribution in [0, 0.1) is 17.2 Å². The monoisotopic (exact) mass is 260 g/mol. The normalized spacial score (nSPS) is 18.2. The Labute approximate surface area is 109 Å². The number of amides is 1. The van der Waals surface area contributed by atoms with Crippen molar-refractivity contribution >= 4 is 17.6 Å². The summed E-state index contributed by atoms with van der Waals surface area (Å²) in [6.45, 7) is 0.0587. The minimum Gasteiger partial charge on any atom is -0.495 e.